The van der Waals surface area contributed by atoms with Crippen molar-refractivity contribution < 1.29 is 4.79 Å². The third-order valence-electron chi connectivity index (χ3n) is 4.54. The molecule has 4 aromatic rings. The maximum Gasteiger partial charge on any atom is 0.231 e. The van der Waals surface area contributed by atoms with Gasteiger partial charge in [-0.1, -0.05) is 42.0 Å². The monoisotopic (exact) mass is 373 g/mol. The van der Waals surface area contributed by atoms with E-state index < -0.39 is 0 Å². The fraction of sp³-hybridized carbons (Fsp3) is 0.136. The molecule has 0 saturated carbocycles. The lowest BCUT2D eigenvalue weighted by Gasteiger charge is -2.22. The van der Waals surface area contributed by atoms with Crippen LogP contribution in [0.15, 0.2) is 71.8 Å². The summed E-state index contributed by atoms with van der Waals surface area (Å²) in [5, 5.41) is 4.09. The highest BCUT2D eigenvalue weighted by molar-refractivity contribution is 7.07. The summed E-state index contributed by atoms with van der Waals surface area (Å²) in [6.07, 6.45) is 3.92. The molecule has 0 aliphatic heterocycles. The lowest BCUT2D eigenvalue weighted by Crippen LogP contribution is -2.32. The van der Waals surface area contributed by atoms with Gasteiger partial charge >= 0.3 is 0 Å². The predicted octanol–water partition coefficient (Wildman–Crippen LogP) is 4.78. The van der Waals surface area contributed by atoms with E-state index in [9.17, 15) is 4.79 Å². The quantitative estimate of drug-likeness (QED) is 0.506. The van der Waals surface area contributed by atoms with Crippen LogP contribution in [0.2, 0.25) is 0 Å². The number of pyridine rings is 1. The standard InChI is InChI=1S/C22H19N3OS/c1-16-6-8-20(9-7-16)25(13-19-14-27-15-24-19)22(26)10-18-12-23-11-17-4-2-3-5-21(17)18/h2-9,11-12,14-15H,10,13H2,1H3. The number of fused-ring (bicyclic) bond motifs is 1. The zero-order valence-electron chi connectivity index (χ0n) is 15.0. The van der Waals surface area contributed by atoms with Crippen molar-refractivity contribution >= 4 is 33.7 Å². The molecule has 4 rings (SSSR count). The van der Waals surface area contributed by atoms with Gasteiger partial charge in [0.1, 0.15) is 0 Å². The van der Waals surface area contributed by atoms with Crippen LogP contribution in [-0.2, 0) is 17.8 Å². The van der Waals surface area contributed by atoms with Gasteiger partial charge in [0.25, 0.3) is 0 Å². The Morgan fingerprint density at radius 3 is 2.67 bits per heavy atom. The van der Waals surface area contributed by atoms with Gasteiger partial charge in [-0.2, -0.15) is 0 Å². The summed E-state index contributed by atoms with van der Waals surface area (Å²) in [5.41, 5.74) is 5.67. The van der Waals surface area contributed by atoms with Crippen LogP contribution in [0.25, 0.3) is 10.8 Å². The normalized spacial score (nSPS) is 10.9. The molecule has 2 aromatic carbocycles. The molecule has 2 heterocycles. The van der Waals surface area contributed by atoms with Gasteiger partial charge in [-0.25, -0.2) is 4.98 Å². The molecular formula is C22H19N3OS. The van der Waals surface area contributed by atoms with Crippen LogP contribution in [0.1, 0.15) is 16.8 Å². The smallest absolute Gasteiger partial charge is 0.231 e. The van der Waals surface area contributed by atoms with Crippen molar-refractivity contribution in [3.8, 4) is 0 Å². The Morgan fingerprint density at radius 1 is 1.07 bits per heavy atom. The Bertz CT molecular complexity index is 1050. The molecule has 0 radical (unpaired) electrons. The molecule has 0 N–H and O–H groups in total. The lowest BCUT2D eigenvalue weighted by atomic mass is 10.0. The Hall–Kier alpha value is -3.05. The Balaban J connectivity index is 1.66. The first kappa shape index (κ1) is 17.4. The third-order valence-corrected chi connectivity index (χ3v) is 5.18. The van der Waals surface area contributed by atoms with Gasteiger partial charge in [0, 0.05) is 28.8 Å². The van der Waals surface area contributed by atoms with Gasteiger partial charge in [-0.3, -0.25) is 9.78 Å². The number of anilines is 1. The van der Waals surface area contributed by atoms with E-state index in [0.717, 1.165) is 33.3 Å². The first-order valence-corrected chi connectivity index (χ1v) is 9.71. The second kappa shape index (κ2) is 7.68. The number of carbonyl (C=O) groups excluding carboxylic acids is 1. The summed E-state index contributed by atoms with van der Waals surface area (Å²) in [5.74, 6) is 0.0324. The summed E-state index contributed by atoms with van der Waals surface area (Å²) in [7, 11) is 0. The minimum absolute atomic E-state index is 0.0324. The van der Waals surface area contributed by atoms with Crippen molar-refractivity contribution in [3.05, 3.63) is 88.6 Å². The molecule has 27 heavy (non-hydrogen) atoms. The number of aryl methyl sites for hydroxylation is 1. The second-order valence-electron chi connectivity index (χ2n) is 6.49. The predicted molar refractivity (Wildman–Crippen MR) is 110 cm³/mol. The molecule has 5 heteroatoms. The number of nitrogens with zero attached hydrogens (tertiary/aromatic N) is 3. The van der Waals surface area contributed by atoms with Gasteiger partial charge in [0.2, 0.25) is 5.91 Å². The number of benzene rings is 2. The maximum atomic E-state index is 13.2. The summed E-state index contributed by atoms with van der Waals surface area (Å²) in [6, 6.07) is 16.0. The highest BCUT2D eigenvalue weighted by Gasteiger charge is 2.18. The summed E-state index contributed by atoms with van der Waals surface area (Å²) < 4.78 is 0. The number of aromatic nitrogens is 2. The number of thiazole rings is 1. The molecular weight excluding hydrogens is 354 g/mol. The third kappa shape index (κ3) is 3.88. The Morgan fingerprint density at radius 2 is 1.89 bits per heavy atom. The largest absolute Gasteiger partial charge is 0.306 e. The highest BCUT2D eigenvalue weighted by Crippen LogP contribution is 2.22. The number of amides is 1. The topological polar surface area (TPSA) is 46.1 Å². The fourth-order valence-electron chi connectivity index (χ4n) is 3.10. The van der Waals surface area contributed by atoms with Crippen molar-refractivity contribution in [2.75, 3.05) is 4.90 Å². The van der Waals surface area contributed by atoms with Crippen LogP contribution < -0.4 is 4.90 Å². The summed E-state index contributed by atoms with van der Waals surface area (Å²) >= 11 is 1.54. The first-order chi connectivity index (χ1) is 13.2. The molecule has 0 bridgehead atoms. The van der Waals surface area contributed by atoms with E-state index in [1.165, 1.54) is 11.3 Å². The van der Waals surface area contributed by atoms with Crippen LogP contribution in [0, 0.1) is 6.92 Å². The van der Waals surface area contributed by atoms with E-state index >= 15 is 0 Å². The van der Waals surface area contributed by atoms with Crippen LogP contribution >= 0.6 is 11.3 Å². The average molecular weight is 373 g/mol. The van der Waals surface area contributed by atoms with Crippen LogP contribution in [0.3, 0.4) is 0 Å². The Kier molecular flexibility index (Phi) is 4.94. The Labute approximate surface area is 162 Å². The van der Waals surface area contributed by atoms with Crippen LogP contribution in [0.4, 0.5) is 5.69 Å². The van der Waals surface area contributed by atoms with Crippen molar-refractivity contribution in [1.29, 1.82) is 0 Å². The molecule has 0 aliphatic carbocycles. The minimum atomic E-state index is 0.0324. The fourth-order valence-corrected chi connectivity index (χ4v) is 3.65. The van der Waals surface area contributed by atoms with E-state index in [-0.39, 0.29) is 5.91 Å². The van der Waals surface area contributed by atoms with E-state index in [2.05, 4.69) is 9.97 Å². The highest BCUT2D eigenvalue weighted by atomic mass is 32.1. The van der Waals surface area contributed by atoms with E-state index in [4.69, 9.17) is 0 Å². The summed E-state index contributed by atoms with van der Waals surface area (Å²) in [6.45, 7) is 2.50. The minimum Gasteiger partial charge on any atom is -0.306 e. The maximum absolute atomic E-state index is 13.2. The molecule has 1 amide bonds. The average Bonchev–Trinajstić information content (AvgIpc) is 3.20. The molecule has 0 saturated heterocycles. The lowest BCUT2D eigenvalue weighted by molar-refractivity contribution is -0.118. The summed E-state index contributed by atoms with van der Waals surface area (Å²) in [4.78, 5) is 23.7. The van der Waals surface area contributed by atoms with Crippen LogP contribution in [-0.4, -0.2) is 15.9 Å². The molecule has 0 spiro atoms. The number of hydrogen-bond acceptors (Lipinski definition) is 4. The van der Waals surface area contributed by atoms with Gasteiger partial charge in [0.15, 0.2) is 0 Å². The van der Waals surface area contributed by atoms with Crippen molar-refractivity contribution in [2.45, 2.75) is 19.9 Å². The van der Waals surface area contributed by atoms with Gasteiger partial charge in [-0.05, 0) is 30.0 Å². The molecule has 0 fully saturated rings. The van der Waals surface area contributed by atoms with Gasteiger partial charge in [0.05, 0.1) is 24.2 Å². The van der Waals surface area contributed by atoms with Crippen LogP contribution in [0.5, 0.6) is 0 Å². The van der Waals surface area contributed by atoms with Crippen molar-refractivity contribution in [2.24, 2.45) is 0 Å². The van der Waals surface area contributed by atoms with Crippen molar-refractivity contribution in [3.63, 3.8) is 0 Å². The zero-order valence-corrected chi connectivity index (χ0v) is 15.8. The molecule has 0 unspecified atom stereocenters. The molecule has 2 aromatic heterocycles. The molecule has 4 nitrogen and oxygen atoms in total. The zero-order chi connectivity index (χ0) is 18.6. The van der Waals surface area contributed by atoms with Gasteiger partial charge < -0.3 is 4.90 Å². The molecule has 0 aliphatic rings. The molecule has 134 valence electrons. The van der Waals surface area contributed by atoms with E-state index in [1.54, 1.807) is 16.6 Å². The van der Waals surface area contributed by atoms with Gasteiger partial charge in [-0.15, -0.1) is 11.3 Å². The number of carbonyl (C=O) groups is 1. The first-order valence-electron chi connectivity index (χ1n) is 8.76. The molecule has 0 atom stereocenters. The number of hydrogen-bond donors (Lipinski definition) is 0. The van der Waals surface area contributed by atoms with E-state index in [1.807, 2.05) is 67.0 Å². The second-order valence-corrected chi connectivity index (χ2v) is 7.21. The SMILES string of the molecule is Cc1ccc(N(Cc2cscn2)C(=O)Cc2cncc3ccccc23)cc1. The number of rotatable bonds is 5. The van der Waals surface area contributed by atoms with E-state index in [0.29, 0.717) is 13.0 Å². The van der Waals surface area contributed by atoms with Crippen molar-refractivity contribution in [1.82, 2.24) is 9.97 Å².